The van der Waals surface area contributed by atoms with E-state index in [0.717, 1.165) is 0 Å². The van der Waals surface area contributed by atoms with Crippen LogP contribution in [0.25, 0.3) is 0 Å². The molecule has 2 N–H and O–H groups in total. The highest BCUT2D eigenvalue weighted by atomic mass is 32.2. The maximum atomic E-state index is 12.0. The molecule has 1 heterocycles. The molecule has 0 bridgehead atoms. The van der Waals surface area contributed by atoms with E-state index in [4.69, 9.17) is 9.63 Å². The van der Waals surface area contributed by atoms with Crippen LogP contribution in [-0.2, 0) is 14.8 Å². The fraction of sp³-hybridized carbons (Fsp3) is 0.636. The highest BCUT2D eigenvalue weighted by Gasteiger charge is 2.23. The molecule has 0 atom stereocenters. The van der Waals surface area contributed by atoms with Gasteiger partial charge in [0.1, 0.15) is 10.6 Å². The number of hydrogen-bond acceptors (Lipinski definition) is 5. The van der Waals surface area contributed by atoms with Crippen LogP contribution < -0.4 is 4.72 Å². The van der Waals surface area contributed by atoms with Crippen molar-refractivity contribution < 1.29 is 22.8 Å². The van der Waals surface area contributed by atoms with Crippen molar-refractivity contribution in [1.29, 1.82) is 0 Å². The molecule has 0 aliphatic heterocycles. The fourth-order valence-electron chi connectivity index (χ4n) is 1.71. The van der Waals surface area contributed by atoms with E-state index in [1.807, 2.05) is 0 Å². The van der Waals surface area contributed by atoms with Gasteiger partial charge in [0.05, 0.1) is 0 Å². The van der Waals surface area contributed by atoms with Crippen molar-refractivity contribution in [2.75, 3.05) is 6.54 Å². The molecule has 7 nitrogen and oxygen atoms in total. The maximum absolute atomic E-state index is 12.0. The summed E-state index contributed by atoms with van der Waals surface area (Å²) in [5.41, 5.74) is 0.330. The van der Waals surface area contributed by atoms with Crippen LogP contribution >= 0.6 is 0 Å². The van der Waals surface area contributed by atoms with E-state index < -0.39 is 16.0 Å². The van der Waals surface area contributed by atoms with Crippen LogP contribution in [-0.4, -0.2) is 31.2 Å². The Morgan fingerprint density at radius 2 is 2.00 bits per heavy atom. The standard InChI is InChI=1S/C11H18N2O5S/c1-8-11(9(2)18-13-8)19(16,17)12-7-5-3-4-6-10(14)15/h12H,3-7H2,1-2H3,(H,14,15). The Labute approximate surface area is 112 Å². The van der Waals surface area contributed by atoms with Crippen LogP contribution in [0.3, 0.4) is 0 Å². The highest BCUT2D eigenvalue weighted by Crippen LogP contribution is 2.18. The molecular formula is C11H18N2O5S. The monoisotopic (exact) mass is 290 g/mol. The molecule has 0 spiro atoms. The van der Waals surface area contributed by atoms with Gasteiger partial charge in [-0.15, -0.1) is 0 Å². The van der Waals surface area contributed by atoms with Gasteiger partial charge in [-0.1, -0.05) is 11.6 Å². The van der Waals surface area contributed by atoms with E-state index >= 15 is 0 Å². The minimum absolute atomic E-state index is 0.0815. The van der Waals surface area contributed by atoms with Gasteiger partial charge in [0.2, 0.25) is 10.0 Å². The molecule has 0 aromatic carbocycles. The van der Waals surface area contributed by atoms with Crippen molar-refractivity contribution in [3.05, 3.63) is 11.5 Å². The predicted molar refractivity (Wildman–Crippen MR) is 67.3 cm³/mol. The van der Waals surface area contributed by atoms with E-state index in [-0.39, 0.29) is 23.6 Å². The number of carboxylic acids is 1. The maximum Gasteiger partial charge on any atom is 0.303 e. The van der Waals surface area contributed by atoms with Crippen LogP contribution in [0.15, 0.2) is 9.42 Å². The summed E-state index contributed by atoms with van der Waals surface area (Å²) in [6, 6.07) is 0. The number of nitrogens with one attached hydrogen (secondary N) is 1. The lowest BCUT2D eigenvalue weighted by atomic mass is 10.2. The minimum Gasteiger partial charge on any atom is -0.481 e. The van der Waals surface area contributed by atoms with Gasteiger partial charge >= 0.3 is 5.97 Å². The van der Waals surface area contributed by atoms with Gasteiger partial charge < -0.3 is 9.63 Å². The lowest BCUT2D eigenvalue weighted by molar-refractivity contribution is -0.137. The summed E-state index contributed by atoms with van der Waals surface area (Å²) in [6.45, 7) is 3.38. The SMILES string of the molecule is Cc1noc(C)c1S(=O)(=O)NCCCCCC(=O)O. The number of rotatable bonds is 8. The van der Waals surface area contributed by atoms with Gasteiger partial charge in [0.25, 0.3) is 0 Å². The zero-order chi connectivity index (χ0) is 14.5. The van der Waals surface area contributed by atoms with Crippen molar-refractivity contribution in [3.8, 4) is 0 Å². The number of aryl methyl sites for hydroxylation is 2. The Morgan fingerprint density at radius 1 is 1.32 bits per heavy atom. The molecular weight excluding hydrogens is 272 g/mol. The minimum atomic E-state index is -3.60. The molecule has 8 heteroatoms. The molecule has 0 saturated carbocycles. The molecule has 1 aromatic heterocycles. The van der Waals surface area contributed by atoms with Crippen molar-refractivity contribution >= 4 is 16.0 Å². The van der Waals surface area contributed by atoms with Gasteiger partial charge in [-0.3, -0.25) is 4.79 Å². The molecule has 19 heavy (non-hydrogen) atoms. The van der Waals surface area contributed by atoms with Crippen LogP contribution in [0.1, 0.15) is 37.1 Å². The lowest BCUT2D eigenvalue weighted by Gasteiger charge is -2.05. The molecule has 1 rings (SSSR count). The Hall–Kier alpha value is -1.41. The molecule has 0 unspecified atom stereocenters. The normalized spacial score (nSPS) is 11.7. The average molecular weight is 290 g/mol. The van der Waals surface area contributed by atoms with Gasteiger partial charge in [-0.25, -0.2) is 13.1 Å². The Bertz CT molecular complexity index is 516. The molecule has 0 aliphatic carbocycles. The summed E-state index contributed by atoms with van der Waals surface area (Å²) >= 11 is 0. The van der Waals surface area contributed by atoms with Crippen molar-refractivity contribution in [3.63, 3.8) is 0 Å². The number of sulfonamides is 1. The molecule has 0 fully saturated rings. The average Bonchev–Trinajstić information content (AvgIpc) is 2.63. The third-order valence-electron chi connectivity index (χ3n) is 2.60. The van der Waals surface area contributed by atoms with Crippen LogP contribution in [0.4, 0.5) is 0 Å². The third kappa shape index (κ3) is 4.64. The molecule has 0 radical (unpaired) electrons. The Kier molecular flexibility index (Phi) is 5.49. The summed E-state index contributed by atoms with van der Waals surface area (Å²) in [5, 5.41) is 12.1. The van der Waals surface area contributed by atoms with Crippen molar-refractivity contribution in [1.82, 2.24) is 9.88 Å². The zero-order valence-electron chi connectivity index (χ0n) is 11.0. The first-order valence-electron chi connectivity index (χ1n) is 5.99. The number of hydrogen-bond donors (Lipinski definition) is 2. The van der Waals surface area contributed by atoms with Gasteiger partial charge in [-0.2, -0.15) is 0 Å². The topological polar surface area (TPSA) is 110 Å². The first-order chi connectivity index (χ1) is 8.84. The van der Waals surface area contributed by atoms with Crippen LogP contribution in [0.2, 0.25) is 0 Å². The summed E-state index contributed by atoms with van der Waals surface area (Å²) in [7, 11) is -3.60. The number of carbonyl (C=O) groups is 1. The lowest BCUT2D eigenvalue weighted by Crippen LogP contribution is -2.25. The van der Waals surface area contributed by atoms with Crippen molar-refractivity contribution in [2.45, 2.75) is 44.4 Å². The largest absolute Gasteiger partial charge is 0.481 e. The molecule has 0 amide bonds. The summed E-state index contributed by atoms with van der Waals surface area (Å²) < 4.78 is 31.2. The zero-order valence-corrected chi connectivity index (χ0v) is 11.8. The van der Waals surface area contributed by atoms with Crippen LogP contribution in [0, 0.1) is 13.8 Å². The molecule has 1 aromatic rings. The fourth-order valence-corrected chi connectivity index (χ4v) is 3.11. The van der Waals surface area contributed by atoms with E-state index in [0.29, 0.717) is 25.0 Å². The van der Waals surface area contributed by atoms with Gasteiger partial charge in [-0.05, 0) is 26.7 Å². The quantitative estimate of drug-likeness (QED) is 0.696. The Morgan fingerprint density at radius 3 is 2.53 bits per heavy atom. The summed E-state index contributed by atoms with van der Waals surface area (Å²) in [4.78, 5) is 10.4. The predicted octanol–water partition coefficient (Wildman–Crippen LogP) is 1.21. The first kappa shape index (κ1) is 15.6. The highest BCUT2D eigenvalue weighted by molar-refractivity contribution is 7.89. The second kappa shape index (κ2) is 6.67. The van der Waals surface area contributed by atoms with Gasteiger partial charge in [0.15, 0.2) is 5.76 Å². The molecule has 108 valence electrons. The van der Waals surface area contributed by atoms with E-state index in [2.05, 4.69) is 9.88 Å². The number of aromatic nitrogens is 1. The van der Waals surface area contributed by atoms with Crippen molar-refractivity contribution in [2.24, 2.45) is 0 Å². The van der Waals surface area contributed by atoms with E-state index in [1.165, 1.54) is 0 Å². The smallest absolute Gasteiger partial charge is 0.303 e. The Balaban J connectivity index is 2.42. The van der Waals surface area contributed by atoms with Gasteiger partial charge in [0, 0.05) is 13.0 Å². The number of carboxylic acid groups (broad SMARTS) is 1. The number of unbranched alkanes of at least 4 members (excludes halogenated alkanes) is 2. The molecule has 0 saturated heterocycles. The second-order valence-corrected chi connectivity index (χ2v) is 5.96. The summed E-state index contributed by atoms with van der Waals surface area (Å²) in [5.74, 6) is -0.577. The number of nitrogens with zero attached hydrogens (tertiary/aromatic N) is 1. The third-order valence-corrected chi connectivity index (χ3v) is 4.30. The first-order valence-corrected chi connectivity index (χ1v) is 7.47. The van der Waals surface area contributed by atoms with E-state index in [1.54, 1.807) is 13.8 Å². The second-order valence-electron chi connectivity index (χ2n) is 4.26. The number of aliphatic carboxylic acids is 1. The summed E-state index contributed by atoms with van der Waals surface area (Å²) in [6.07, 6.45) is 1.91. The molecule has 0 aliphatic rings. The van der Waals surface area contributed by atoms with E-state index in [9.17, 15) is 13.2 Å². The van der Waals surface area contributed by atoms with Crippen LogP contribution in [0.5, 0.6) is 0 Å².